The molecule has 4 heteroatoms. The Hall–Kier alpha value is -0.740. The maximum Gasteiger partial charge on any atom is 0.164 e. The Balaban J connectivity index is 2.89. The molecule has 0 aromatic heterocycles. The second-order valence-electron chi connectivity index (χ2n) is 2.70. The van der Waals surface area contributed by atoms with Crippen LogP contribution in [0.1, 0.15) is 13.8 Å². The fourth-order valence-electron chi connectivity index (χ4n) is 1.04. The first-order valence-electron chi connectivity index (χ1n) is 3.49. The fraction of sp³-hybridized carbons (Fsp3) is 0.714. The molecule has 0 aliphatic carbocycles. The van der Waals surface area contributed by atoms with Crippen molar-refractivity contribution in [3.63, 3.8) is 0 Å². The first-order valence-corrected chi connectivity index (χ1v) is 3.49. The lowest BCUT2D eigenvalue weighted by atomic mass is 10.1. The first kappa shape index (κ1) is 8.36. The maximum atomic E-state index is 9.14. The normalized spacial score (nSPS) is 39.4. The van der Waals surface area contributed by atoms with E-state index in [1.807, 2.05) is 0 Å². The van der Waals surface area contributed by atoms with Crippen molar-refractivity contribution < 1.29 is 20.1 Å². The second kappa shape index (κ2) is 2.71. The molecule has 0 fully saturated rings. The van der Waals surface area contributed by atoms with Gasteiger partial charge in [-0.3, -0.25) is 0 Å². The van der Waals surface area contributed by atoms with E-state index in [-0.39, 0.29) is 11.5 Å². The van der Waals surface area contributed by atoms with Crippen molar-refractivity contribution in [2.75, 3.05) is 0 Å². The monoisotopic (exact) mass is 160 g/mol. The van der Waals surface area contributed by atoms with E-state index in [1.165, 1.54) is 0 Å². The van der Waals surface area contributed by atoms with E-state index >= 15 is 0 Å². The maximum absolute atomic E-state index is 9.14. The van der Waals surface area contributed by atoms with Gasteiger partial charge in [-0.25, -0.2) is 0 Å². The van der Waals surface area contributed by atoms with Gasteiger partial charge in [-0.1, -0.05) is 0 Å². The highest BCUT2D eigenvalue weighted by molar-refractivity contribution is 5.12. The van der Waals surface area contributed by atoms with E-state index in [0.29, 0.717) is 0 Å². The van der Waals surface area contributed by atoms with Crippen molar-refractivity contribution in [2.45, 2.75) is 32.2 Å². The van der Waals surface area contributed by atoms with Crippen molar-refractivity contribution in [1.29, 1.82) is 0 Å². The van der Waals surface area contributed by atoms with Gasteiger partial charge in [-0.2, -0.15) is 0 Å². The Labute approximate surface area is 64.7 Å². The van der Waals surface area contributed by atoms with E-state index < -0.39 is 18.3 Å². The molecule has 4 nitrogen and oxygen atoms in total. The molecule has 0 aromatic rings. The molecule has 1 aliphatic rings. The van der Waals surface area contributed by atoms with Crippen LogP contribution in [0.4, 0.5) is 0 Å². The molecular weight excluding hydrogens is 148 g/mol. The smallest absolute Gasteiger partial charge is 0.164 e. The highest BCUT2D eigenvalue weighted by atomic mass is 16.5. The van der Waals surface area contributed by atoms with Gasteiger partial charge in [0.25, 0.3) is 0 Å². The topological polar surface area (TPSA) is 69.9 Å². The highest BCUT2D eigenvalue weighted by Gasteiger charge is 2.32. The Morgan fingerprint density at radius 3 is 2.27 bits per heavy atom. The zero-order valence-electron chi connectivity index (χ0n) is 6.48. The highest BCUT2D eigenvalue weighted by Crippen LogP contribution is 2.21. The third kappa shape index (κ3) is 1.32. The van der Waals surface area contributed by atoms with Crippen LogP contribution >= 0.6 is 0 Å². The zero-order valence-corrected chi connectivity index (χ0v) is 6.48. The Morgan fingerprint density at radius 2 is 1.73 bits per heavy atom. The lowest BCUT2D eigenvalue weighted by molar-refractivity contribution is -0.0852. The third-order valence-electron chi connectivity index (χ3n) is 1.79. The molecule has 64 valence electrons. The summed E-state index contributed by atoms with van der Waals surface area (Å²) in [7, 11) is 0. The van der Waals surface area contributed by atoms with Crippen LogP contribution in [0.15, 0.2) is 11.5 Å². The largest absolute Gasteiger partial charge is 0.506 e. The van der Waals surface area contributed by atoms with Crippen molar-refractivity contribution in [1.82, 2.24) is 0 Å². The van der Waals surface area contributed by atoms with Gasteiger partial charge in [0.15, 0.2) is 11.5 Å². The number of rotatable bonds is 0. The van der Waals surface area contributed by atoms with Gasteiger partial charge in [0.05, 0.1) is 6.10 Å². The lowest BCUT2D eigenvalue weighted by Crippen LogP contribution is -2.38. The number of hydrogen-bond donors (Lipinski definition) is 3. The summed E-state index contributed by atoms with van der Waals surface area (Å²) in [6, 6.07) is 0. The SMILES string of the molecule is CC1O[C@H](C)C(O)=C(O)[C@H]1O. The number of aliphatic hydroxyl groups is 3. The van der Waals surface area contributed by atoms with Crippen LogP contribution in [0.5, 0.6) is 0 Å². The summed E-state index contributed by atoms with van der Waals surface area (Å²) in [5.41, 5.74) is 0. The van der Waals surface area contributed by atoms with Gasteiger partial charge in [-0.05, 0) is 13.8 Å². The molecule has 0 aromatic carbocycles. The van der Waals surface area contributed by atoms with Gasteiger partial charge >= 0.3 is 0 Å². The van der Waals surface area contributed by atoms with Crippen LogP contribution in [0.3, 0.4) is 0 Å². The van der Waals surface area contributed by atoms with Gasteiger partial charge in [0.1, 0.15) is 12.2 Å². The molecular formula is C7H12O4. The van der Waals surface area contributed by atoms with E-state index in [4.69, 9.17) is 20.1 Å². The Bertz CT molecular complexity index is 187. The average molecular weight is 160 g/mol. The molecule has 11 heavy (non-hydrogen) atoms. The van der Waals surface area contributed by atoms with Crippen LogP contribution in [0.2, 0.25) is 0 Å². The molecule has 0 radical (unpaired) electrons. The van der Waals surface area contributed by atoms with E-state index in [2.05, 4.69) is 0 Å². The molecule has 0 bridgehead atoms. The quantitative estimate of drug-likeness (QED) is 0.482. The van der Waals surface area contributed by atoms with Crippen molar-refractivity contribution in [3.05, 3.63) is 11.5 Å². The van der Waals surface area contributed by atoms with Crippen LogP contribution < -0.4 is 0 Å². The molecule has 0 saturated heterocycles. The number of ether oxygens (including phenoxy) is 1. The summed E-state index contributed by atoms with van der Waals surface area (Å²) in [5.74, 6) is -0.660. The van der Waals surface area contributed by atoms with E-state index in [0.717, 1.165) is 0 Å². The minimum absolute atomic E-state index is 0.282. The minimum Gasteiger partial charge on any atom is -0.506 e. The number of hydrogen-bond acceptors (Lipinski definition) is 4. The Morgan fingerprint density at radius 1 is 1.18 bits per heavy atom. The standard InChI is InChI=1S/C7H12O4/c1-3-5(8)7(10)6(9)4(2)11-3/h3-5,8-10H,1-2H3/t3?,4-,5+/m1/s1. The molecule has 0 amide bonds. The van der Waals surface area contributed by atoms with Crippen LogP contribution in [0, 0.1) is 0 Å². The average Bonchev–Trinajstić information content (AvgIpc) is 1.97. The van der Waals surface area contributed by atoms with E-state index in [9.17, 15) is 0 Å². The molecule has 1 unspecified atom stereocenters. The van der Waals surface area contributed by atoms with Crippen LogP contribution in [-0.2, 0) is 4.74 Å². The summed E-state index contributed by atoms with van der Waals surface area (Å²) in [5, 5.41) is 27.3. The lowest BCUT2D eigenvalue weighted by Gasteiger charge is -2.28. The predicted molar refractivity (Wildman–Crippen MR) is 38.3 cm³/mol. The molecule has 1 heterocycles. The summed E-state index contributed by atoms with van der Waals surface area (Å²) >= 11 is 0. The Kier molecular flexibility index (Phi) is 2.06. The molecule has 0 saturated carbocycles. The summed E-state index contributed by atoms with van der Waals surface area (Å²) in [4.78, 5) is 0. The summed E-state index contributed by atoms with van der Waals surface area (Å²) in [6.45, 7) is 3.23. The van der Waals surface area contributed by atoms with Gasteiger partial charge in [0, 0.05) is 0 Å². The first-order chi connectivity index (χ1) is 5.04. The molecule has 3 N–H and O–H groups in total. The van der Waals surface area contributed by atoms with Crippen LogP contribution in [0.25, 0.3) is 0 Å². The van der Waals surface area contributed by atoms with Gasteiger partial charge in [-0.15, -0.1) is 0 Å². The second-order valence-corrected chi connectivity index (χ2v) is 2.70. The van der Waals surface area contributed by atoms with Crippen molar-refractivity contribution in [3.8, 4) is 0 Å². The third-order valence-corrected chi connectivity index (χ3v) is 1.79. The summed E-state index contributed by atoms with van der Waals surface area (Å²) < 4.78 is 5.06. The molecule has 1 aliphatic heterocycles. The zero-order chi connectivity index (χ0) is 8.59. The molecule has 3 atom stereocenters. The summed E-state index contributed by atoms with van der Waals surface area (Å²) in [6.07, 6.45) is -2.11. The fourth-order valence-corrected chi connectivity index (χ4v) is 1.04. The van der Waals surface area contributed by atoms with Gasteiger partial charge in [0.2, 0.25) is 0 Å². The van der Waals surface area contributed by atoms with Crippen molar-refractivity contribution >= 4 is 0 Å². The van der Waals surface area contributed by atoms with E-state index in [1.54, 1.807) is 13.8 Å². The minimum atomic E-state index is -1.11. The number of aliphatic hydroxyl groups excluding tert-OH is 3. The molecule has 1 rings (SSSR count). The predicted octanol–water partition coefficient (Wildman–Crippen LogP) is 0.482. The van der Waals surface area contributed by atoms with Gasteiger partial charge < -0.3 is 20.1 Å². The molecule has 0 spiro atoms. The van der Waals surface area contributed by atoms with Crippen LogP contribution in [-0.4, -0.2) is 33.6 Å². The van der Waals surface area contributed by atoms with Crippen molar-refractivity contribution in [2.24, 2.45) is 0 Å².